The van der Waals surface area contributed by atoms with Gasteiger partial charge in [0.05, 0.1) is 0 Å². The molecule has 4 rings (SSSR count). The molecule has 5 heteroatoms. The van der Waals surface area contributed by atoms with Gasteiger partial charge in [-0.3, -0.25) is 0 Å². The molecule has 0 fully saturated rings. The summed E-state index contributed by atoms with van der Waals surface area (Å²) in [5.74, 6) is -0.910. The lowest BCUT2D eigenvalue weighted by Gasteiger charge is -2.16. The van der Waals surface area contributed by atoms with E-state index >= 15 is 0 Å². The summed E-state index contributed by atoms with van der Waals surface area (Å²) in [6.07, 6.45) is 6.83. The maximum absolute atomic E-state index is 12.3. The van der Waals surface area contributed by atoms with Crippen LogP contribution in [0.3, 0.4) is 0 Å². The van der Waals surface area contributed by atoms with Crippen LogP contribution >= 0.6 is 0 Å². The Hall–Kier alpha value is -3.34. The molecule has 0 bridgehead atoms. The highest BCUT2D eigenvalue weighted by Crippen LogP contribution is 2.31. The summed E-state index contributed by atoms with van der Waals surface area (Å²) < 4.78 is 5.47. The van der Waals surface area contributed by atoms with Crippen LogP contribution in [0.5, 0.6) is 0 Å². The number of allylic oxidation sites excluding steroid dienone is 2. The fraction of sp³-hybridized carbons (Fsp3) is 0.280. The summed E-state index contributed by atoms with van der Waals surface area (Å²) in [7, 11) is 0. The molecule has 0 heterocycles. The van der Waals surface area contributed by atoms with Gasteiger partial charge in [0, 0.05) is 5.57 Å². The van der Waals surface area contributed by atoms with Gasteiger partial charge in [-0.25, -0.2) is 9.59 Å². The van der Waals surface area contributed by atoms with Gasteiger partial charge in [-0.2, -0.15) is 0 Å². The standard InChI is InChI=1S/C25H25NO4/c1-15(2)11-23(24(27)28)26-25(29)30-14-22-19-10-6-5-9-18(19)20-12-16-7-3-4-8-17(16)13-21(20)22/h3-7,9-10,12-13,15,23H,8,11,14H2,1-2H3,(H,26,29)(H,27,28)/t23-/m0/s1. The Morgan fingerprint density at radius 3 is 2.63 bits per heavy atom. The van der Waals surface area contributed by atoms with Gasteiger partial charge in [-0.1, -0.05) is 56.3 Å². The Morgan fingerprint density at radius 1 is 1.13 bits per heavy atom. The van der Waals surface area contributed by atoms with Crippen molar-refractivity contribution < 1.29 is 19.4 Å². The highest BCUT2D eigenvalue weighted by Gasteiger charge is 2.24. The van der Waals surface area contributed by atoms with Crippen molar-refractivity contribution in [1.82, 2.24) is 5.32 Å². The van der Waals surface area contributed by atoms with Crippen LogP contribution in [0, 0.1) is 5.92 Å². The summed E-state index contributed by atoms with van der Waals surface area (Å²) >= 11 is 0. The number of amides is 1. The molecule has 2 N–H and O–H groups in total. The third-order valence-electron chi connectivity index (χ3n) is 5.54. The quantitative estimate of drug-likeness (QED) is 0.778. The molecule has 30 heavy (non-hydrogen) atoms. The predicted octanol–water partition coefficient (Wildman–Crippen LogP) is 2.98. The minimum Gasteiger partial charge on any atom is -0.480 e. The van der Waals surface area contributed by atoms with E-state index in [4.69, 9.17) is 4.74 Å². The van der Waals surface area contributed by atoms with Gasteiger partial charge in [-0.05, 0) is 63.6 Å². The number of nitrogens with one attached hydrogen (secondary N) is 1. The molecule has 0 saturated carbocycles. The second kappa shape index (κ2) is 8.19. The zero-order chi connectivity index (χ0) is 21.3. The highest BCUT2D eigenvalue weighted by atomic mass is 16.5. The second-order valence-corrected chi connectivity index (χ2v) is 8.16. The van der Waals surface area contributed by atoms with Crippen LogP contribution < -0.4 is 15.8 Å². The average molecular weight is 403 g/mol. The number of aliphatic carboxylic acids is 1. The Kier molecular flexibility index (Phi) is 5.44. The lowest BCUT2D eigenvalue weighted by Crippen LogP contribution is -2.42. The lowest BCUT2D eigenvalue weighted by atomic mass is 9.98. The van der Waals surface area contributed by atoms with Crippen LogP contribution in [-0.4, -0.2) is 29.8 Å². The number of carbonyl (C=O) groups is 2. The van der Waals surface area contributed by atoms with Crippen molar-refractivity contribution in [2.45, 2.75) is 32.7 Å². The molecule has 0 radical (unpaired) electrons. The number of carboxylic acids is 1. The predicted molar refractivity (Wildman–Crippen MR) is 116 cm³/mol. The minimum atomic E-state index is -1.05. The van der Waals surface area contributed by atoms with Crippen molar-refractivity contribution in [1.29, 1.82) is 0 Å². The Labute approximate surface area is 175 Å². The normalized spacial score (nSPS) is 14.4. The molecule has 0 unspecified atom stereocenters. The van der Waals surface area contributed by atoms with Crippen molar-refractivity contribution in [2.24, 2.45) is 5.92 Å². The van der Waals surface area contributed by atoms with Gasteiger partial charge >= 0.3 is 12.1 Å². The molecule has 2 aromatic carbocycles. The maximum atomic E-state index is 12.3. The first kappa shape index (κ1) is 20.0. The number of carboxylic acid groups (broad SMARTS) is 1. The molecule has 0 aromatic heterocycles. The topological polar surface area (TPSA) is 75.6 Å². The van der Waals surface area contributed by atoms with Gasteiger partial charge < -0.3 is 15.2 Å². The maximum Gasteiger partial charge on any atom is 0.408 e. The van der Waals surface area contributed by atoms with Gasteiger partial charge in [-0.15, -0.1) is 0 Å². The van der Waals surface area contributed by atoms with E-state index in [0.29, 0.717) is 6.42 Å². The second-order valence-electron chi connectivity index (χ2n) is 8.16. The largest absolute Gasteiger partial charge is 0.480 e. The van der Waals surface area contributed by atoms with Crippen LogP contribution in [0.4, 0.5) is 4.79 Å². The van der Waals surface area contributed by atoms with Crippen LogP contribution in [0.25, 0.3) is 22.8 Å². The molecule has 1 atom stereocenters. The van der Waals surface area contributed by atoms with E-state index in [0.717, 1.165) is 33.9 Å². The molecule has 2 aliphatic rings. The van der Waals surface area contributed by atoms with Gasteiger partial charge in [0.15, 0.2) is 0 Å². The monoisotopic (exact) mass is 403 g/mol. The lowest BCUT2D eigenvalue weighted by molar-refractivity contribution is -0.139. The summed E-state index contributed by atoms with van der Waals surface area (Å²) in [6.45, 7) is 3.92. The number of alkyl carbamates (subject to hydrolysis) is 1. The zero-order valence-corrected chi connectivity index (χ0v) is 17.1. The number of ether oxygens (including phenoxy) is 1. The highest BCUT2D eigenvalue weighted by molar-refractivity contribution is 5.90. The van der Waals surface area contributed by atoms with Crippen molar-refractivity contribution in [3.05, 3.63) is 70.1 Å². The molecule has 0 saturated heterocycles. The van der Waals surface area contributed by atoms with E-state index in [9.17, 15) is 14.7 Å². The summed E-state index contributed by atoms with van der Waals surface area (Å²) in [5, 5.41) is 14.1. The molecule has 1 amide bonds. The van der Waals surface area contributed by atoms with Crippen molar-refractivity contribution in [3.8, 4) is 11.1 Å². The van der Waals surface area contributed by atoms with Gasteiger partial charge in [0.25, 0.3) is 0 Å². The molecule has 154 valence electrons. The van der Waals surface area contributed by atoms with E-state index in [-0.39, 0.29) is 12.5 Å². The minimum absolute atomic E-state index is 0.0855. The fourth-order valence-electron chi connectivity index (χ4n) is 4.13. The Bertz CT molecular complexity index is 1160. The zero-order valence-electron chi connectivity index (χ0n) is 17.1. The smallest absolute Gasteiger partial charge is 0.408 e. The number of hydrogen-bond donors (Lipinski definition) is 2. The van der Waals surface area contributed by atoms with Gasteiger partial charge in [0.2, 0.25) is 0 Å². The van der Waals surface area contributed by atoms with Crippen molar-refractivity contribution in [2.75, 3.05) is 6.61 Å². The molecule has 0 aliphatic heterocycles. The van der Waals surface area contributed by atoms with Crippen LogP contribution in [0.1, 0.15) is 31.4 Å². The van der Waals surface area contributed by atoms with E-state index in [1.807, 2.05) is 32.0 Å². The van der Waals surface area contributed by atoms with Crippen molar-refractivity contribution in [3.63, 3.8) is 0 Å². The number of fused-ring (bicyclic) bond motifs is 4. The summed E-state index contributed by atoms with van der Waals surface area (Å²) in [5.41, 5.74) is 5.50. The fourth-order valence-corrected chi connectivity index (χ4v) is 4.13. The first-order valence-electron chi connectivity index (χ1n) is 10.2. The summed E-state index contributed by atoms with van der Waals surface area (Å²) in [6, 6.07) is 11.5. The van der Waals surface area contributed by atoms with Crippen molar-refractivity contribution >= 4 is 23.7 Å². The Balaban J connectivity index is 1.62. The number of rotatable bonds is 6. The van der Waals surface area contributed by atoms with E-state index in [1.54, 1.807) is 0 Å². The van der Waals surface area contributed by atoms with E-state index in [1.165, 1.54) is 10.8 Å². The number of benzene rings is 2. The molecule has 2 aromatic rings. The third-order valence-corrected chi connectivity index (χ3v) is 5.54. The SMILES string of the molecule is CC(C)C[C@H](NC(=O)OCC1=c2cc3c(cc2-c2ccccc21)=CC=CC3)C(=O)O. The molecular weight excluding hydrogens is 378 g/mol. The van der Waals surface area contributed by atoms with E-state index < -0.39 is 18.1 Å². The van der Waals surface area contributed by atoms with E-state index in [2.05, 4.69) is 41.7 Å². The first-order valence-corrected chi connectivity index (χ1v) is 10.2. The Morgan fingerprint density at radius 2 is 1.90 bits per heavy atom. The van der Waals surface area contributed by atoms with Crippen LogP contribution in [-0.2, 0) is 16.0 Å². The van der Waals surface area contributed by atoms with Gasteiger partial charge in [0.1, 0.15) is 12.6 Å². The number of hydrogen-bond acceptors (Lipinski definition) is 3. The van der Waals surface area contributed by atoms with Crippen LogP contribution in [0.2, 0.25) is 0 Å². The van der Waals surface area contributed by atoms with Crippen LogP contribution in [0.15, 0.2) is 48.6 Å². The molecule has 5 nitrogen and oxygen atoms in total. The first-order chi connectivity index (χ1) is 14.4. The molecule has 2 aliphatic carbocycles. The number of carbonyl (C=O) groups excluding carboxylic acids is 1. The third kappa shape index (κ3) is 3.88. The summed E-state index contributed by atoms with van der Waals surface area (Å²) in [4.78, 5) is 23.7. The average Bonchev–Trinajstić information content (AvgIpc) is 3.02. The molecule has 0 spiro atoms. The molecular formula is C25H25NO4.